The van der Waals surface area contributed by atoms with Gasteiger partial charge in [-0.25, -0.2) is 19.9 Å². The predicted octanol–water partition coefficient (Wildman–Crippen LogP) is 5.25. The summed E-state index contributed by atoms with van der Waals surface area (Å²) in [5, 5.41) is 16.8. The molecule has 1 aromatic carbocycles. The number of nitrogens with zero attached hydrogens (tertiary/aromatic N) is 10. The second kappa shape index (κ2) is 26.5. The van der Waals surface area contributed by atoms with E-state index in [4.69, 9.17) is 42.7 Å². The number of aliphatic hydroxyl groups excluding tert-OH is 1. The first kappa shape index (κ1) is 56.1. The molecule has 7 rings (SSSR count). The number of primary amides is 2. The quantitative estimate of drug-likeness (QED) is 0.0474. The Morgan fingerprint density at radius 1 is 0.901 bits per heavy atom. The molecule has 5 aromatic heterocycles. The number of allylic oxidation sites excluding steroid dienone is 3. The van der Waals surface area contributed by atoms with E-state index in [0.29, 0.717) is 103 Å². The van der Waals surface area contributed by atoms with E-state index < -0.39 is 17.7 Å². The van der Waals surface area contributed by atoms with Gasteiger partial charge in [0.05, 0.1) is 23.4 Å². The average molecular weight is 978 g/mol. The second-order valence-electron chi connectivity index (χ2n) is 16.3. The molecule has 0 saturated carbocycles. The van der Waals surface area contributed by atoms with Crippen LogP contribution >= 0.6 is 0 Å². The number of amides is 4. The van der Waals surface area contributed by atoms with Crippen LogP contribution < -0.4 is 33.0 Å². The molecule has 0 unspecified atom stereocenters. The molecule has 21 nitrogen and oxygen atoms in total. The van der Waals surface area contributed by atoms with Gasteiger partial charge in [0.2, 0.25) is 23.7 Å². The number of aryl methyl sites for hydroxylation is 2. The maximum atomic E-state index is 13.5. The fourth-order valence-electron chi connectivity index (χ4n) is 7.57. The van der Waals surface area contributed by atoms with E-state index in [0.717, 1.165) is 11.4 Å². The van der Waals surface area contributed by atoms with Gasteiger partial charge in [-0.05, 0) is 84.2 Å². The molecule has 6 heterocycles. The number of carbonyl (C=O) groups is 4. The van der Waals surface area contributed by atoms with Gasteiger partial charge in [0, 0.05) is 92.8 Å². The summed E-state index contributed by atoms with van der Waals surface area (Å²) in [7, 11) is 0. The summed E-state index contributed by atoms with van der Waals surface area (Å²) in [6.45, 7) is 22.1. The molecule has 1 aliphatic heterocycles. The summed E-state index contributed by atoms with van der Waals surface area (Å²) in [6.07, 6.45) is 9.20. The molecule has 6 aromatic rings. The zero-order chi connectivity index (χ0) is 52.5. The molecule has 0 radical (unpaired) electrons. The number of pyridine rings is 1. The van der Waals surface area contributed by atoms with Gasteiger partial charge in [-0.15, -0.1) is 0 Å². The summed E-state index contributed by atoms with van der Waals surface area (Å²) >= 11 is 0. The summed E-state index contributed by atoms with van der Waals surface area (Å²) in [6, 6.07) is 6.80. The van der Waals surface area contributed by atoms with E-state index in [9.17, 15) is 19.2 Å². The van der Waals surface area contributed by atoms with Crippen LogP contribution in [0.3, 0.4) is 0 Å². The number of anilines is 1. The van der Waals surface area contributed by atoms with E-state index in [1.807, 2.05) is 69.0 Å². The Labute approximate surface area is 414 Å². The smallest absolute Gasteiger partial charge is 0.276 e. The minimum absolute atomic E-state index is 0.0435. The Morgan fingerprint density at radius 2 is 1.56 bits per heavy atom. The lowest BCUT2D eigenvalue weighted by molar-refractivity contribution is -0.137. The maximum Gasteiger partial charge on any atom is 0.276 e. The summed E-state index contributed by atoms with van der Waals surface area (Å²) in [5.41, 5.74) is 27.4. The first-order chi connectivity index (χ1) is 34.0. The van der Waals surface area contributed by atoms with Gasteiger partial charge in [0.25, 0.3) is 5.91 Å². The van der Waals surface area contributed by atoms with Crippen LogP contribution in [0, 0.1) is 12.8 Å². The minimum Gasteiger partial charge on any atom is -0.491 e. The number of carbonyl (C=O) groups excluding carboxylic acids is 4. The van der Waals surface area contributed by atoms with Crippen molar-refractivity contribution in [1.29, 1.82) is 0 Å². The Kier molecular flexibility index (Phi) is 20.9. The fourth-order valence-corrected chi connectivity index (χ4v) is 7.57. The number of rotatable bonds is 18. The molecule has 1 fully saturated rings. The van der Waals surface area contributed by atoms with Crippen molar-refractivity contribution in [2.75, 3.05) is 38.1 Å². The zero-order valence-corrected chi connectivity index (χ0v) is 42.7. The number of hydrogen-bond donors (Lipinski definition) is 6. The lowest BCUT2D eigenvalue weighted by atomic mass is 9.96. The molecule has 10 N–H and O–H groups in total. The molecule has 0 bridgehead atoms. The van der Waals surface area contributed by atoms with Gasteiger partial charge in [0.1, 0.15) is 28.3 Å². The number of aliphatic hydroxyl groups is 1. The van der Waals surface area contributed by atoms with Crippen molar-refractivity contribution in [1.82, 2.24) is 43.8 Å². The number of ether oxygens (including phenoxy) is 1. The third-order valence-electron chi connectivity index (χ3n) is 10.6. The van der Waals surface area contributed by atoms with Gasteiger partial charge in [-0.1, -0.05) is 39.8 Å². The van der Waals surface area contributed by atoms with E-state index in [1.54, 1.807) is 55.5 Å². The van der Waals surface area contributed by atoms with E-state index in [2.05, 4.69) is 25.4 Å². The molecule has 0 aliphatic carbocycles. The maximum absolute atomic E-state index is 13.5. The Hall–Kier alpha value is -7.52. The second-order valence-corrected chi connectivity index (χ2v) is 16.3. The van der Waals surface area contributed by atoms with Crippen LogP contribution in [0.15, 0.2) is 65.6 Å². The van der Waals surface area contributed by atoms with Crippen LogP contribution in [0.4, 0.5) is 5.95 Å². The van der Waals surface area contributed by atoms with Crippen LogP contribution in [0.1, 0.15) is 102 Å². The third-order valence-corrected chi connectivity index (χ3v) is 10.6. The number of nitrogens with two attached hydrogens (primary N) is 4. The van der Waals surface area contributed by atoms with E-state index in [1.165, 1.54) is 18.3 Å². The molecule has 1 aliphatic rings. The van der Waals surface area contributed by atoms with Gasteiger partial charge in [0.15, 0.2) is 11.5 Å². The molecule has 382 valence electrons. The fraction of sp³-hybridized carbons (Fsp3) is 0.440. The molecule has 1 saturated heterocycles. The van der Waals surface area contributed by atoms with Crippen molar-refractivity contribution in [2.45, 2.75) is 108 Å². The average Bonchev–Trinajstić information content (AvgIpc) is 3.98. The Morgan fingerprint density at radius 3 is 2.17 bits per heavy atom. The molecular weight excluding hydrogens is 907 g/mol. The summed E-state index contributed by atoms with van der Waals surface area (Å²) in [4.78, 5) is 75.5. The topological polar surface area (TPSA) is 309 Å². The first-order valence-corrected chi connectivity index (χ1v) is 24.1. The van der Waals surface area contributed by atoms with Crippen LogP contribution in [0.2, 0.25) is 0 Å². The predicted molar refractivity (Wildman–Crippen MR) is 279 cm³/mol. The monoisotopic (exact) mass is 978 g/mol. The number of aromatic nitrogens is 8. The Balaban J connectivity index is 0.00000129. The molecule has 21 heteroatoms. The number of nitrogens with one attached hydrogen (secondary N) is 1. The lowest BCUT2D eigenvalue weighted by Gasteiger charge is -2.39. The zero-order valence-electron chi connectivity index (χ0n) is 42.7. The van der Waals surface area contributed by atoms with Crippen molar-refractivity contribution in [2.24, 2.45) is 33.8 Å². The van der Waals surface area contributed by atoms with Gasteiger partial charge in [-0.2, -0.15) is 5.10 Å². The van der Waals surface area contributed by atoms with Crippen LogP contribution in [0.5, 0.6) is 5.75 Å². The van der Waals surface area contributed by atoms with Crippen molar-refractivity contribution in [3.8, 4) is 17.3 Å². The van der Waals surface area contributed by atoms with Crippen molar-refractivity contribution in [3.05, 3.63) is 77.4 Å². The lowest BCUT2D eigenvalue weighted by Crippen LogP contribution is -2.50. The number of hydrogen-bond acceptors (Lipinski definition) is 14. The number of likely N-dealkylation sites (tertiary alicyclic amines) is 1. The summed E-state index contributed by atoms with van der Waals surface area (Å²) < 4.78 is 12.0. The van der Waals surface area contributed by atoms with Crippen molar-refractivity contribution < 1.29 is 29.0 Å². The first-order valence-electron chi connectivity index (χ1n) is 24.1. The molecule has 4 amide bonds. The molecule has 71 heavy (non-hydrogen) atoms. The normalized spacial score (nSPS) is 12.8. The highest BCUT2D eigenvalue weighted by Crippen LogP contribution is 2.37. The molecule has 0 spiro atoms. The van der Waals surface area contributed by atoms with Crippen LogP contribution in [0.25, 0.3) is 44.6 Å². The van der Waals surface area contributed by atoms with Crippen LogP contribution in [-0.2, 0) is 29.2 Å². The SMILES string of the molecule is CC.CC.CC(C)O.CCN=C(/C=C(/C)N)C(=O)Nc1nc2cc(C(N)=O)cnc2n1C/C=C/Cn1c2nc(-c3cc(C)nn3CC)ncc2c2cc(C(N)=O)cc(OCCC3CN(C(=O)CCN)C3)c21. The highest BCUT2D eigenvalue weighted by molar-refractivity contribution is 6.47. The van der Waals surface area contributed by atoms with E-state index in [-0.39, 0.29) is 53.8 Å². The van der Waals surface area contributed by atoms with Gasteiger partial charge >= 0.3 is 0 Å². The number of imidazole rings is 1. The number of fused-ring (bicyclic) bond motifs is 4. The highest BCUT2D eigenvalue weighted by atomic mass is 16.5. The largest absolute Gasteiger partial charge is 0.491 e. The van der Waals surface area contributed by atoms with E-state index >= 15 is 0 Å². The standard InChI is InChI=1S/C43H51N15O5.C3H8O.2C2H6/c1-5-48-32(15-24(3)45)42(62)53-43-51-31-18-28(38(47)61)20-50-41(31)57(43)13-8-7-12-56-36-29(30-21-49-39(52-40(30)56)33-16-25(4)54-58(33)6-2)17-27(37(46)60)19-34(36)63-14-10-26-22-55(23-26)35(59)9-11-44;1-3(2)4;2*1-2/h7-8,15-21,26H,5-6,9-14,22-23,44-45H2,1-4H3,(H2,46,60)(H2,47,61)(H,51,53,62);3-4H,1-2H3;2*1-2H3/b8-7+,24-15-,48-32?;;;. The third kappa shape index (κ3) is 14.1. The molecular formula is C50H71N15O6. The summed E-state index contributed by atoms with van der Waals surface area (Å²) in [5.74, 6) is -0.466. The number of benzene rings is 1. The van der Waals surface area contributed by atoms with Gasteiger partial charge in [-0.3, -0.25) is 38.7 Å². The molecule has 0 atom stereocenters. The minimum atomic E-state index is -0.673. The highest BCUT2D eigenvalue weighted by Gasteiger charge is 2.30. The van der Waals surface area contributed by atoms with Crippen molar-refractivity contribution >= 4 is 68.4 Å². The van der Waals surface area contributed by atoms with Gasteiger partial charge < -0.3 is 42.2 Å². The number of aliphatic imine (C=N–C) groups is 1. The Bertz CT molecular complexity index is 2900. The van der Waals surface area contributed by atoms with Crippen molar-refractivity contribution in [3.63, 3.8) is 0 Å². The van der Waals surface area contributed by atoms with Crippen LogP contribution in [-0.4, -0.2) is 117 Å².